The van der Waals surface area contributed by atoms with Crippen LogP contribution in [0.1, 0.15) is 19.3 Å². The number of thioether (sulfide) groups is 1. The van der Waals surface area contributed by atoms with E-state index < -0.39 is 0 Å². The SMILES string of the molecule is NN=C(N)SCCCN1CCCC1. The summed E-state index contributed by atoms with van der Waals surface area (Å²) in [6.45, 7) is 3.72. The first-order chi connectivity index (χ1) is 6.33. The second-order valence-corrected chi connectivity index (χ2v) is 4.33. The van der Waals surface area contributed by atoms with Crippen LogP contribution in [-0.4, -0.2) is 35.5 Å². The van der Waals surface area contributed by atoms with E-state index in [0.29, 0.717) is 5.17 Å². The molecule has 0 bridgehead atoms. The highest BCUT2D eigenvalue weighted by atomic mass is 32.2. The van der Waals surface area contributed by atoms with Gasteiger partial charge in [0.25, 0.3) is 0 Å². The summed E-state index contributed by atoms with van der Waals surface area (Å²) in [6, 6.07) is 0. The minimum atomic E-state index is 0.487. The highest BCUT2D eigenvalue weighted by Gasteiger charge is 2.10. The highest BCUT2D eigenvalue weighted by Crippen LogP contribution is 2.09. The number of hydrazone groups is 1. The zero-order chi connectivity index (χ0) is 9.52. The van der Waals surface area contributed by atoms with Gasteiger partial charge in [-0.3, -0.25) is 0 Å². The molecule has 0 atom stereocenters. The Balaban J connectivity index is 1.94. The van der Waals surface area contributed by atoms with E-state index in [0.717, 1.165) is 5.75 Å². The van der Waals surface area contributed by atoms with Crippen LogP contribution < -0.4 is 11.6 Å². The van der Waals surface area contributed by atoms with Gasteiger partial charge in [0.1, 0.15) is 0 Å². The molecule has 0 unspecified atom stereocenters. The Kier molecular flexibility index (Phi) is 5.00. The molecule has 0 saturated carbocycles. The Labute approximate surface area is 83.7 Å². The molecule has 1 aliphatic heterocycles. The number of nitrogens with zero attached hydrogens (tertiary/aromatic N) is 2. The van der Waals surface area contributed by atoms with Crippen LogP contribution in [0.25, 0.3) is 0 Å². The minimum absolute atomic E-state index is 0.487. The molecule has 4 nitrogen and oxygen atoms in total. The number of hydrogen-bond acceptors (Lipinski definition) is 4. The van der Waals surface area contributed by atoms with Crippen LogP contribution in [0.15, 0.2) is 5.10 Å². The average molecular weight is 202 g/mol. The fourth-order valence-electron chi connectivity index (χ4n) is 1.51. The van der Waals surface area contributed by atoms with Gasteiger partial charge < -0.3 is 16.5 Å². The van der Waals surface area contributed by atoms with Crippen LogP contribution in [-0.2, 0) is 0 Å². The van der Waals surface area contributed by atoms with Crippen LogP contribution >= 0.6 is 11.8 Å². The maximum atomic E-state index is 5.44. The molecule has 76 valence electrons. The van der Waals surface area contributed by atoms with E-state index in [1.54, 1.807) is 0 Å². The number of rotatable bonds is 4. The lowest BCUT2D eigenvalue weighted by Crippen LogP contribution is -2.21. The van der Waals surface area contributed by atoms with E-state index in [2.05, 4.69) is 10.0 Å². The normalized spacial score (nSPS) is 19.5. The van der Waals surface area contributed by atoms with Crippen molar-refractivity contribution in [3.8, 4) is 0 Å². The molecule has 0 aromatic heterocycles. The minimum Gasteiger partial charge on any atom is -0.377 e. The van der Waals surface area contributed by atoms with E-state index in [4.69, 9.17) is 11.6 Å². The van der Waals surface area contributed by atoms with Gasteiger partial charge in [-0.1, -0.05) is 11.8 Å². The number of nitrogens with two attached hydrogens (primary N) is 2. The van der Waals surface area contributed by atoms with Crippen molar-refractivity contribution in [1.29, 1.82) is 0 Å². The predicted octanol–water partition coefficient (Wildman–Crippen LogP) is 0.394. The van der Waals surface area contributed by atoms with Gasteiger partial charge in [0, 0.05) is 5.75 Å². The number of amidine groups is 1. The molecular formula is C8H18N4S. The summed E-state index contributed by atoms with van der Waals surface area (Å²) in [4.78, 5) is 2.50. The standard InChI is InChI=1S/C8H18N4S/c9-8(11-10)13-7-3-6-12-4-1-2-5-12/h1-7,10H2,(H2,9,11). The molecule has 1 aliphatic rings. The van der Waals surface area contributed by atoms with Gasteiger partial charge in [-0.25, -0.2) is 0 Å². The van der Waals surface area contributed by atoms with E-state index in [-0.39, 0.29) is 0 Å². The lowest BCUT2D eigenvalue weighted by atomic mass is 10.4. The van der Waals surface area contributed by atoms with E-state index in [9.17, 15) is 0 Å². The van der Waals surface area contributed by atoms with Gasteiger partial charge in [0.2, 0.25) is 0 Å². The molecule has 0 amide bonds. The first kappa shape index (κ1) is 10.7. The van der Waals surface area contributed by atoms with E-state index in [1.807, 2.05) is 0 Å². The smallest absolute Gasteiger partial charge is 0.177 e. The molecule has 13 heavy (non-hydrogen) atoms. The van der Waals surface area contributed by atoms with Gasteiger partial charge in [0.05, 0.1) is 0 Å². The average Bonchev–Trinajstić information content (AvgIpc) is 2.64. The fourth-order valence-corrected chi connectivity index (χ4v) is 2.07. The van der Waals surface area contributed by atoms with Gasteiger partial charge in [0.15, 0.2) is 5.17 Å². The second-order valence-electron chi connectivity index (χ2n) is 3.22. The third-order valence-corrected chi connectivity index (χ3v) is 3.09. The lowest BCUT2D eigenvalue weighted by molar-refractivity contribution is 0.341. The van der Waals surface area contributed by atoms with Gasteiger partial charge in [-0.2, -0.15) is 5.10 Å². The largest absolute Gasteiger partial charge is 0.377 e. The van der Waals surface area contributed by atoms with Crippen LogP contribution in [0, 0.1) is 0 Å². The highest BCUT2D eigenvalue weighted by molar-refractivity contribution is 8.13. The van der Waals surface area contributed by atoms with Crippen molar-refractivity contribution in [2.45, 2.75) is 19.3 Å². The Morgan fingerprint density at radius 1 is 1.38 bits per heavy atom. The number of hydrogen-bond donors (Lipinski definition) is 2. The summed E-state index contributed by atoms with van der Waals surface area (Å²) in [5.74, 6) is 6.03. The van der Waals surface area contributed by atoms with Crippen LogP contribution in [0.5, 0.6) is 0 Å². The molecule has 1 heterocycles. The third kappa shape index (κ3) is 4.38. The predicted molar refractivity (Wildman–Crippen MR) is 58.6 cm³/mol. The molecule has 5 heteroatoms. The zero-order valence-corrected chi connectivity index (χ0v) is 8.72. The number of likely N-dealkylation sites (tertiary alicyclic amines) is 1. The fraction of sp³-hybridized carbons (Fsp3) is 0.875. The van der Waals surface area contributed by atoms with Gasteiger partial charge in [-0.05, 0) is 38.9 Å². The van der Waals surface area contributed by atoms with Crippen molar-refractivity contribution < 1.29 is 0 Å². The Morgan fingerprint density at radius 3 is 2.69 bits per heavy atom. The third-order valence-electron chi connectivity index (χ3n) is 2.19. The molecular weight excluding hydrogens is 184 g/mol. The molecule has 0 spiro atoms. The van der Waals surface area contributed by atoms with Crippen molar-refractivity contribution in [1.82, 2.24) is 4.90 Å². The van der Waals surface area contributed by atoms with Crippen LogP contribution in [0.2, 0.25) is 0 Å². The van der Waals surface area contributed by atoms with Crippen LogP contribution in [0.4, 0.5) is 0 Å². The molecule has 1 saturated heterocycles. The molecule has 4 N–H and O–H groups in total. The zero-order valence-electron chi connectivity index (χ0n) is 7.91. The summed E-state index contributed by atoms with van der Waals surface area (Å²) in [5, 5.41) is 3.89. The topological polar surface area (TPSA) is 67.6 Å². The summed E-state index contributed by atoms with van der Waals surface area (Å²) >= 11 is 1.54. The van der Waals surface area contributed by atoms with E-state index >= 15 is 0 Å². The van der Waals surface area contributed by atoms with Crippen molar-refractivity contribution in [3.05, 3.63) is 0 Å². The second kappa shape index (κ2) is 6.10. The summed E-state index contributed by atoms with van der Waals surface area (Å²) in [7, 11) is 0. The Morgan fingerprint density at radius 2 is 2.08 bits per heavy atom. The van der Waals surface area contributed by atoms with Crippen molar-refractivity contribution in [3.63, 3.8) is 0 Å². The molecule has 1 rings (SSSR count). The maximum Gasteiger partial charge on any atom is 0.177 e. The van der Waals surface area contributed by atoms with Crippen LogP contribution in [0.3, 0.4) is 0 Å². The summed E-state index contributed by atoms with van der Waals surface area (Å²) in [6.07, 6.45) is 3.89. The molecule has 0 aliphatic carbocycles. The molecule has 0 radical (unpaired) electrons. The first-order valence-electron chi connectivity index (χ1n) is 4.71. The first-order valence-corrected chi connectivity index (χ1v) is 5.70. The van der Waals surface area contributed by atoms with Crippen molar-refractivity contribution in [2.75, 3.05) is 25.4 Å². The molecule has 0 aromatic carbocycles. The Bertz CT molecular complexity index is 166. The summed E-state index contributed by atoms with van der Waals surface area (Å²) in [5.41, 5.74) is 5.44. The monoisotopic (exact) mass is 202 g/mol. The quantitative estimate of drug-likeness (QED) is 0.228. The van der Waals surface area contributed by atoms with Crippen molar-refractivity contribution >= 4 is 16.9 Å². The molecule has 0 aromatic rings. The van der Waals surface area contributed by atoms with Gasteiger partial charge in [-0.15, -0.1) is 0 Å². The lowest BCUT2D eigenvalue weighted by Gasteiger charge is -2.13. The summed E-state index contributed by atoms with van der Waals surface area (Å²) < 4.78 is 0. The van der Waals surface area contributed by atoms with Gasteiger partial charge >= 0.3 is 0 Å². The van der Waals surface area contributed by atoms with E-state index in [1.165, 1.54) is 50.7 Å². The Hall–Kier alpha value is -0.420. The molecule has 1 fully saturated rings. The maximum absolute atomic E-state index is 5.44. The van der Waals surface area contributed by atoms with Crippen molar-refractivity contribution in [2.24, 2.45) is 16.7 Å².